The molecule has 0 spiro atoms. The zero-order valence-electron chi connectivity index (χ0n) is 33.5. The average molecular weight is 743 g/mol. The smallest absolute Gasteiger partial charge is 0.550 e. The molecule has 0 bridgehead atoms. The Balaban J connectivity index is -0.000000183. The van der Waals surface area contributed by atoms with Crippen LogP contribution in [0, 0.1) is 16.2 Å². The number of esters is 3. The van der Waals surface area contributed by atoms with Crippen molar-refractivity contribution in [3.63, 3.8) is 0 Å². The molecule has 0 atom stereocenters. The molecular weight excluding hydrogens is 675 g/mol. The van der Waals surface area contributed by atoms with Gasteiger partial charge in [-0.15, -0.1) is 0 Å². The predicted octanol–water partition coefficient (Wildman–Crippen LogP) is 3.43. The molecule has 0 aromatic carbocycles. The van der Waals surface area contributed by atoms with Crippen molar-refractivity contribution in [3.8, 4) is 0 Å². The summed E-state index contributed by atoms with van der Waals surface area (Å²) in [4.78, 5) is 74.5. The van der Waals surface area contributed by atoms with Gasteiger partial charge in [0.25, 0.3) is 0 Å². The molecule has 0 aromatic heterocycles. The summed E-state index contributed by atoms with van der Waals surface area (Å²) in [5.74, 6) is -3.69. The first kappa shape index (κ1) is 57.7. The van der Waals surface area contributed by atoms with Gasteiger partial charge in [0.2, 0.25) is 0 Å². The zero-order valence-corrected chi connectivity index (χ0v) is 36.7. The summed E-state index contributed by atoms with van der Waals surface area (Å²) in [5, 5.41) is 18.0. The van der Waals surface area contributed by atoms with Crippen molar-refractivity contribution >= 4 is 41.4 Å². The molecule has 13 heteroatoms. The van der Waals surface area contributed by atoms with E-state index in [0.29, 0.717) is 32.5 Å². The van der Waals surface area contributed by atoms with Gasteiger partial charge in [-0.1, -0.05) is 62.3 Å². The fourth-order valence-corrected chi connectivity index (χ4v) is 3.65. The van der Waals surface area contributed by atoms with Crippen LogP contribution >= 0.6 is 0 Å². The Kier molecular flexibility index (Phi) is 38.3. The van der Waals surface area contributed by atoms with Crippen molar-refractivity contribution in [2.24, 2.45) is 16.2 Å². The number of carboxylic acids is 2. The summed E-state index contributed by atoms with van der Waals surface area (Å²) < 4.78 is 13.7. The monoisotopic (exact) mass is 742 g/mol. The largest absolute Gasteiger partial charge is 1.00 e. The van der Waals surface area contributed by atoms with Gasteiger partial charge in [0.1, 0.15) is 24.4 Å². The maximum Gasteiger partial charge on any atom is 1.00 e. The number of rotatable bonds is 18. The molecule has 12 nitrogen and oxygen atoms in total. The van der Waals surface area contributed by atoms with E-state index in [1.54, 1.807) is 20.8 Å². The number of carbonyl (C=O) groups excluding carboxylic acids is 6. The van der Waals surface area contributed by atoms with Crippen LogP contribution in [0.3, 0.4) is 0 Å². The van der Waals surface area contributed by atoms with Crippen molar-refractivity contribution in [3.05, 3.63) is 0 Å². The van der Waals surface area contributed by atoms with E-state index in [9.17, 15) is 38.7 Å². The van der Waals surface area contributed by atoms with E-state index in [2.05, 4.69) is 67.1 Å². The van der Waals surface area contributed by atoms with E-state index in [1.165, 1.54) is 0 Å². The van der Waals surface area contributed by atoms with Crippen LogP contribution in [0.25, 0.3) is 0 Å². The minimum atomic E-state index is -1.41. The van der Waals surface area contributed by atoms with E-state index >= 15 is 0 Å². The van der Waals surface area contributed by atoms with Gasteiger partial charge in [0.05, 0.1) is 32.2 Å². The second kappa shape index (κ2) is 33.2. The zero-order chi connectivity index (χ0) is 39.3. The number of hydrogen-bond acceptors (Lipinski definition) is 11. The summed E-state index contributed by atoms with van der Waals surface area (Å²) >= 11 is 0. The molecule has 0 heterocycles. The number of Topliss-reactive ketones (excluding diaryl/α,β-unsaturated/α-hetero) is 2. The van der Waals surface area contributed by atoms with Crippen LogP contribution in [0.5, 0.6) is 0 Å². The van der Waals surface area contributed by atoms with Crippen molar-refractivity contribution in [2.75, 3.05) is 19.8 Å². The molecule has 0 aliphatic heterocycles. The maximum atomic E-state index is 11.3. The third-order valence-electron chi connectivity index (χ3n) is 5.97. The van der Waals surface area contributed by atoms with Gasteiger partial charge in [-0.2, -0.15) is 0 Å². The third kappa shape index (κ3) is 58.5. The van der Waals surface area contributed by atoms with Gasteiger partial charge in [-0.25, -0.2) is 0 Å². The SMILES string of the molecule is CC(C)(C)CCCC(=O)O.CCOC(=O)CC(=O)CCCC(C)(C)C.CCOC(=O)CC(=O)CCCC(C)(C)C.CCOC(=O)CC(=O)[O-].[K+]. The molecule has 288 valence electrons. The molecule has 0 aliphatic carbocycles. The average Bonchev–Trinajstić information content (AvgIpc) is 2.87. The summed E-state index contributed by atoms with van der Waals surface area (Å²) in [6.07, 6.45) is 5.94. The minimum absolute atomic E-state index is 0. The van der Waals surface area contributed by atoms with Crippen LogP contribution in [-0.4, -0.2) is 66.3 Å². The van der Waals surface area contributed by atoms with Crippen molar-refractivity contribution in [1.82, 2.24) is 0 Å². The summed E-state index contributed by atoms with van der Waals surface area (Å²) in [5.41, 5.74) is 0.782. The number of ketones is 2. The first-order chi connectivity index (χ1) is 22.3. The number of aliphatic carboxylic acids is 2. The Morgan fingerprint density at radius 2 is 0.760 bits per heavy atom. The molecule has 0 amide bonds. The molecule has 0 fully saturated rings. The molecule has 50 heavy (non-hydrogen) atoms. The minimum Gasteiger partial charge on any atom is -0.550 e. The van der Waals surface area contributed by atoms with Crippen molar-refractivity contribution in [1.29, 1.82) is 0 Å². The molecule has 0 rings (SSSR count). The maximum absolute atomic E-state index is 11.3. The summed E-state index contributed by atoms with van der Waals surface area (Å²) in [6.45, 7) is 25.2. The van der Waals surface area contributed by atoms with Gasteiger partial charge >= 0.3 is 75.3 Å². The molecule has 0 aromatic rings. The Hall–Kier alpha value is -1.67. The Labute approximate surface area is 344 Å². The Morgan fingerprint density at radius 1 is 0.500 bits per heavy atom. The van der Waals surface area contributed by atoms with Crippen LogP contribution in [0.15, 0.2) is 0 Å². The van der Waals surface area contributed by atoms with E-state index < -0.39 is 36.3 Å². The van der Waals surface area contributed by atoms with Gasteiger partial charge in [0.15, 0.2) is 0 Å². The summed E-state index contributed by atoms with van der Waals surface area (Å²) in [6, 6.07) is 0. The van der Waals surface area contributed by atoms with Gasteiger partial charge in [0, 0.05) is 19.3 Å². The third-order valence-corrected chi connectivity index (χ3v) is 5.97. The number of hydrogen-bond donors (Lipinski definition) is 1. The Bertz CT molecular complexity index is 922. The van der Waals surface area contributed by atoms with E-state index in [1.807, 2.05) is 0 Å². The van der Waals surface area contributed by atoms with Crippen LogP contribution < -0.4 is 56.5 Å². The van der Waals surface area contributed by atoms with Crippen LogP contribution in [0.1, 0.15) is 160 Å². The van der Waals surface area contributed by atoms with Gasteiger partial charge in [-0.3, -0.25) is 28.8 Å². The fourth-order valence-electron chi connectivity index (χ4n) is 3.65. The number of carbonyl (C=O) groups is 7. The van der Waals surface area contributed by atoms with E-state index in [4.69, 9.17) is 14.6 Å². The second-order valence-corrected chi connectivity index (χ2v) is 15.0. The van der Waals surface area contributed by atoms with Gasteiger partial charge < -0.3 is 29.2 Å². The molecule has 0 saturated carbocycles. The van der Waals surface area contributed by atoms with Crippen LogP contribution in [0.2, 0.25) is 0 Å². The Morgan fingerprint density at radius 3 is 0.980 bits per heavy atom. The van der Waals surface area contributed by atoms with E-state index in [-0.39, 0.29) is 98.6 Å². The molecular formula is C37H67KO12. The van der Waals surface area contributed by atoms with Crippen LogP contribution in [-0.2, 0) is 47.8 Å². The van der Waals surface area contributed by atoms with E-state index in [0.717, 1.165) is 38.5 Å². The first-order valence-electron chi connectivity index (χ1n) is 17.2. The summed E-state index contributed by atoms with van der Waals surface area (Å²) in [7, 11) is 0. The normalized spacial score (nSPS) is 10.6. The second-order valence-electron chi connectivity index (χ2n) is 15.0. The quantitative estimate of drug-likeness (QED) is 0.0934. The predicted molar refractivity (Wildman–Crippen MR) is 186 cm³/mol. The molecule has 0 unspecified atom stereocenters. The van der Waals surface area contributed by atoms with Crippen molar-refractivity contribution < 1.29 is 109 Å². The fraction of sp³-hybridized carbons (Fsp3) is 0.811. The molecule has 1 N–H and O–H groups in total. The van der Waals surface area contributed by atoms with Gasteiger partial charge in [-0.05, 0) is 75.5 Å². The van der Waals surface area contributed by atoms with Crippen LogP contribution in [0.4, 0.5) is 0 Å². The molecule has 0 saturated heterocycles. The van der Waals surface area contributed by atoms with Crippen molar-refractivity contribution in [2.45, 2.75) is 160 Å². The number of carboxylic acid groups (broad SMARTS) is 2. The standard InChI is InChI=1S/2C12H22O3.C8H16O2.C5H8O4.K/c2*1-5-15-11(14)9-10(13)7-6-8-12(2,3)4;1-8(2,3)6-4-5-7(9)10;1-2-9-5(8)3-4(6)7;/h2*5-9H2,1-4H3;4-6H2,1-3H3,(H,9,10);2-3H2,1H3,(H,6,7);/q;;;;+1/p-1. The topological polar surface area (TPSA) is 190 Å². The number of ether oxygens (including phenoxy) is 3. The molecule has 0 aliphatic rings. The molecule has 0 radical (unpaired) electrons. The first-order valence-corrected chi connectivity index (χ1v) is 17.2.